The molecule has 0 bridgehead atoms. The van der Waals surface area contributed by atoms with Crippen LogP contribution in [0.5, 0.6) is 0 Å². The maximum Gasteiger partial charge on any atom is 0.433 e. The lowest BCUT2D eigenvalue weighted by molar-refractivity contribution is -0.141. The first kappa shape index (κ1) is 9.70. The van der Waals surface area contributed by atoms with Crippen LogP contribution in [0.2, 0.25) is 0 Å². The number of aromatic amines is 1. The summed E-state index contributed by atoms with van der Waals surface area (Å²) in [6, 6.07) is 3.73. The first-order valence-electron chi connectivity index (χ1n) is 4.10. The minimum absolute atomic E-state index is 0.224. The van der Waals surface area contributed by atoms with Gasteiger partial charge < -0.3 is 4.98 Å². The second kappa shape index (κ2) is 3.38. The van der Waals surface area contributed by atoms with E-state index in [0.717, 1.165) is 6.07 Å². The van der Waals surface area contributed by atoms with Gasteiger partial charge in [0.1, 0.15) is 5.69 Å². The monoisotopic (exact) mass is 213 g/mol. The van der Waals surface area contributed by atoms with Gasteiger partial charge >= 0.3 is 6.18 Å². The fourth-order valence-corrected chi connectivity index (χ4v) is 1.14. The van der Waals surface area contributed by atoms with E-state index in [1.807, 2.05) is 0 Å². The van der Waals surface area contributed by atoms with Gasteiger partial charge in [-0.15, -0.1) is 0 Å². The first-order chi connectivity index (χ1) is 7.07. The van der Waals surface area contributed by atoms with Gasteiger partial charge in [0.15, 0.2) is 0 Å². The smallest absolute Gasteiger partial charge is 0.343 e. The highest BCUT2D eigenvalue weighted by atomic mass is 19.4. The van der Waals surface area contributed by atoms with Crippen molar-refractivity contribution in [3.63, 3.8) is 0 Å². The molecule has 3 nitrogen and oxygen atoms in total. The molecule has 0 atom stereocenters. The molecule has 15 heavy (non-hydrogen) atoms. The second-order valence-electron chi connectivity index (χ2n) is 2.87. The van der Waals surface area contributed by atoms with Crippen LogP contribution in [-0.2, 0) is 6.18 Å². The van der Waals surface area contributed by atoms with Crippen molar-refractivity contribution in [3.05, 3.63) is 36.4 Å². The third-order valence-corrected chi connectivity index (χ3v) is 1.81. The number of hydrogen-bond acceptors (Lipinski definition) is 2. The summed E-state index contributed by atoms with van der Waals surface area (Å²) in [6.07, 6.45) is -1.62. The number of nitrogens with one attached hydrogen (secondary N) is 1. The topological polar surface area (TPSA) is 41.6 Å². The summed E-state index contributed by atoms with van der Waals surface area (Å²) in [7, 11) is 0. The number of aromatic nitrogens is 3. The summed E-state index contributed by atoms with van der Waals surface area (Å²) < 4.78 is 37.0. The molecule has 0 radical (unpaired) electrons. The molecule has 0 aliphatic carbocycles. The third-order valence-electron chi connectivity index (χ3n) is 1.81. The Hall–Kier alpha value is -1.85. The summed E-state index contributed by atoms with van der Waals surface area (Å²) in [5.41, 5.74) is -0.224. The van der Waals surface area contributed by atoms with Gasteiger partial charge in [0.2, 0.25) is 0 Å². The Balaban J connectivity index is 2.44. The maximum atomic E-state index is 12.3. The predicted octanol–water partition coefficient (Wildman–Crippen LogP) is 2.49. The molecule has 6 heteroatoms. The first-order valence-corrected chi connectivity index (χ1v) is 4.10. The maximum absolute atomic E-state index is 12.3. The van der Waals surface area contributed by atoms with Crippen molar-refractivity contribution in [1.29, 1.82) is 0 Å². The Morgan fingerprint density at radius 2 is 2.00 bits per heavy atom. The van der Waals surface area contributed by atoms with Crippen LogP contribution < -0.4 is 0 Å². The molecule has 2 aromatic heterocycles. The molecular formula is C9H6F3N3. The number of rotatable bonds is 1. The van der Waals surface area contributed by atoms with Crippen molar-refractivity contribution in [2.45, 2.75) is 6.18 Å². The number of halogens is 3. The Labute approximate surface area is 83.0 Å². The molecule has 0 unspecified atom stereocenters. The van der Waals surface area contributed by atoms with E-state index in [1.54, 1.807) is 0 Å². The van der Waals surface area contributed by atoms with E-state index in [4.69, 9.17) is 0 Å². The van der Waals surface area contributed by atoms with Gasteiger partial charge in [-0.05, 0) is 12.1 Å². The lowest BCUT2D eigenvalue weighted by atomic mass is 10.2. The van der Waals surface area contributed by atoms with Crippen molar-refractivity contribution in [3.8, 4) is 11.4 Å². The number of hydrogen-bond donors (Lipinski definition) is 1. The lowest BCUT2D eigenvalue weighted by Gasteiger charge is -2.06. The molecular weight excluding hydrogens is 207 g/mol. The molecule has 0 aliphatic rings. The van der Waals surface area contributed by atoms with Crippen LogP contribution in [0.4, 0.5) is 13.2 Å². The van der Waals surface area contributed by atoms with Gasteiger partial charge in [0.05, 0.1) is 23.9 Å². The van der Waals surface area contributed by atoms with Gasteiger partial charge in [-0.3, -0.25) is 0 Å². The zero-order chi connectivity index (χ0) is 10.9. The van der Waals surface area contributed by atoms with Crippen LogP contribution in [0.15, 0.2) is 30.7 Å². The number of pyridine rings is 1. The predicted molar refractivity (Wildman–Crippen MR) is 46.8 cm³/mol. The Morgan fingerprint density at radius 3 is 2.60 bits per heavy atom. The summed E-state index contributed by atoms with van der Waals surface area (Å²) in [5.74, 6) is 0. The highest BCUT2D eigenvalue weighted by molar-refractivity contribution is 5.52. The van der Waals surface area contributed by atoms with E-state index in [9.17, 15) is 13.2 Å². The van der Waals surface area contributed by atoms with E-state index in [0.29, 0.717) is 5.69 Å². The number of alkyl halides is 3. The minimum atomic E-state index is -4.42. The number of H-pyrrole nitrogens is 1. The van der Waals surface area contributed by atoms with E-state index >= 15 is 0 Å². The standard InChI is InChI=1S/C9H6F3N3/c10-9(11,12)8-3-1-2-6(15-8)7-4-13-5-14-7/h1-5H,(H,13,14). The Morgan fingerprint density at radius 1 is 1.20 bits per heavy atom. The van der Waals surface area contributed by atoms with Gasteiger partial charge in [0, 0.05) is 0 Å². The van der Waals surface area contributed by atoms with Gasteiger partial charge in [0.25, 0.3) is 0 Å². The zero-order valence-corrected chi connectivity index (χ0v) is 7.42. The minimum Gasteiger partial charge on any atom is -0.343 e. The molecule has 0 aliphatic heterocycles. The molecule has 0 aromatic carbocycles. The van der Waals surface area contributed by atoms with Gasteiger partial charge in [-0.25, -0.2) is 9.97 Å². The summed E-state index contributed by atoms with van der Waals surface area (Å²) in [4.78, 5) is 9.89. The van der Waals surface area contributed by atoms with Gasteiger partial charge in [-0.2, -0.15) is 13.2 Å². The van der Waals surface area contributed by atoms with Crippen LogP contribution >= 0.6 is 0 Å². The largest absolute Gasteiger partial charge is 0.433 e. The molecule has 0 fully saturated rings. The molecule has 1 N–H and O–H groups in total. The second-order valence-corrected chi connectivity index (χ2v) is 2.87. The molecule has 2 heterocycles. The van der Waals surface area contributed by atoms with Crippen molar-refractivity contribution in [2.75, 3.05) is 0 Å². The van der Waals surface area contributed by atoms with Crippen LogP contribution in [-0.4, -0.2) is 15.0 Å². The Bertz CT molecular complexity index is 448. The molecule has 0 saturated carbocycles. The van der Waals surface area contributed by atoms with E-state index in [-0.39, 0.29) is 5.69 Å². The average Bonchev–Trinajstić information content (AvgIpc) is 2.69. The molecule has 0 saturated heterocycles. The fraction of sp³-hybridized carbons (Fsp3) is 0.111. The summed E-state index contributed by atoms with van der Waals surface area (Å²) >= 11 is 0. The highest BCUT2D eigenvalue weighted by Crippen LogP contribution is 2.28. The third kappa shape index (κ3) is 1.98. The highest BCUT2D eigenvalue weighted by Gasteiger charge is 2.32. The summed E-state index contributed by atoms with van der Waals surface area (Å²) in [5, 5.41) is 0. The van der Waals surface area contributed by atoms with Crippen LogP contribution in [0.3, 0.4) is 0 Å². The van der Waals surface area contributed by atoms with Gasteiger partial charge in [-0.1, -0.05) is 6.07 Å². The molecule has 0 amide bonds. The molecule has 2 aromatic rings. The molecule has 0 spiro atoms. The van der Waals surface area contributed by atoms with Crippen LogP contribution in [0, 0.1) is 0 Å². The van der Waals surface area contributed by atoms with Crippen molar-refractivity contribution in [1.82, 2.24) is 15.0 Å². The average molecular weight is 213 g/mol. The number of imidazole rings is 1. The lowest BCUT2D eigenvalue weighted by Crippen LogP contribution is -2.07. The van der Waals surface area contributed by atoms with Crippen molar-refractivity contribution in [2.24, 2.45) is 0 Å². The Kier molecular flexibility index (Phi) is 2.18. The quantitative estimate of drug-likeness (QED) is 0.790. The van der Waals surface area contributed by atoms with E-state index in [1.165, 1.54) is 24.7 Å². The molecule has 78 valence electrons. The summed E-state index contributed by atoms with van der Waals surface area (Å²) in [6.45, 7) is 0. The van der Waals surface area contributed by atoms with Crippen molar-refractivity contribution < 1.29 is 13.2 Å². The van der Waals surface area contributed by atoms with E-state index < -0.39 is 11.9 Å². The van der Waals surface area contributed by atoms with Crippen LogP contribution in [0.1, 0.15) is 5.69 Å². The molecule has 2 rings (SSSR count). The van der Waals surface area contributed by atoms with E-state index in [2.05, 4.69) is 15.0 Å². The van der Waals surface area contributed by atoms with Crippen LogP contribution in [0.25, 0.3) is 11.4 Å². The normalized spacial score (nSPS) is 11.7. The zero-order valence-electron chi connectivity index (χ0n) is 7.42. The fourth-order valence-electron chi connectivity index (χ4n) is 1.14. The SMILES string of the molecule is FC(F)(F)c1cccc(-c2cnc[nH]2)n1. The van der Waals surface area contributed by atoms with Crippen molar-refractivity contribution >= 4 is 0 Å². The number of nitrogens with zero attached hydrogens (tertiary/aromatic N) is 2.